The summed E-state index contributed by atoms with van der Waals surface area (Å²) in [4.78, 5) is 8.52. The van der Waals surface area contributed by atoms with Gasteiger partial charge < -0.3 is 4.74 Å². The normalized spacial score (nSPS) is 9.93. The first-order valence-electron chi connectivity index (χ1n) is 4.83. The van der Waals surface area contributed by atoms with Gasteiger partial charge in [-0.1, -0.05) is 13.5 Å². The van der Waals surface area contributed by atoms with Crippen molar-refractivity contribution < 1.29 is 4.74 Å². The summed E-state index contributed by atoms with van der Waals surface area (Å²) in [6, 6.07) is 0. The van der Waals surface area contributed by atoms with Crippen molar-refractivity contribution in [3.63, 3.8) is 0 Å². The molecule has 1 aromatic heterocycles. The van der Waals surface area contributed by atoms with Crippen LogP contribution in [0, 0.1) is 6.92 Å². The van der Waals surface area contributed by atoms with Gasteiger partial charge in [-0.05, 0) is 25.8 Å². The van der Waals surface area contributed by atoms with Gasteiger partial charge in [-0.25, -0.2) is 9.97 Å². The van der Waals surface area contributed by atoms with Gasteiger partial charge in [0.05, 0.1) is 6.61 Å². The number of hydrogen-bond acceptors (Lipinski definition) is 3. The van der Waals surface area contributed by atoms with E-state index in [-0.39, 0.29) is 0 Å². The van der Waals surface area contributed by atoms with Crippen molar-refractivity contribution in [3.05, 3.63) is 29.9 Å². The summed E-state index contributed by atoms with van der Waals surface area (Å²) in [5.41, 5.74) is 2.16. The van der Waals surface area contributed by atoms with Gasteiger partial charge in [-0.2, -0.15) is 0 Å². The standard InChI is InChI=1S/C11H16N2O/c1-5-10-7-12-11(13-8(10)3)9(4)14-6-2/h7H,4-6H2,1-3H3. The maximum Gasteiger partial charge on any atom is 0.194 e. The molecule has 0 aliphatic carbocycles. The van der Waals surface area contributed by atoms with Crippen LogP contribution >= 0.6 is 0 Å². The first-order chi connectivity index (χ1) is 6.69. The van der Waals surface area contributed by atoms with Gasteiger partial charge in [0.15, 0.2) is 11.6 Å². The molecule has 0 aliphatic rings. The van der Waals surface area contributed by atoms with Gasteiger partial charge in [0.1, 0.15) is 0 Å². The van der Waals surface area contributed by atoms with Crippen molar-refractivity contribution in [2.75, 3.05) is 6.61 Å². The second-order valence-electron chi connectivity index (χ2n) is 3.01. The number of hydrogen-bond donors (Lipinski definition) is 0. The van der Waals surface area contributed by atoms with Crippen LogP contribution in [0.5, 0.6) is 0 Å². The fourth-order valence-electron chi connectivity index (χ4n) is 1.21. The minimum Gasteiger partial charge on any atom is -0.491 e. The van der Waals surface area contributed by atoms with Crippen LogP contribution < -0.4 is 0 Å². The zero-order chi connectivity index (χ0) is 10.6. The quantitative estimate of drug-likeness (QED) is 0.687. The number of ether oxygens (including phenoxy) is 1. The molecule has 0 N–H and O–H groups in total. The monoisotopic (exact) mass is 192 g/mol. The van der Waals surface area contributed by atoms with Gasteiger partial charge in [0.25, 0.3) is 0 Å². The Labute approximate surface area is 84.8 Å². The lowest BCUT2D eigenvalue weighted by Crippen LogP contribution is -2.01. The van der Waals surface area contributed by atoms with Crippen LogP contribution in [-0.4, -0.2) is 16.6 Å². The van der Waals surface area contributed by atoms with E-state index in [4.69, 9.17) is 4.74 Å². The van der Waals surface area contributed by atoms with Gasteiger partial charge >= 0.3 is 0 Å². The van der Waals surface area contributed by atoms with Crippen LogP contribution in [0.15, 0.2) is 12.8 Å². The van der Waals surface area contributed by atoms with E-state index in [0.29, 0.717) is 18.2 Å². The Hall–Kier alpha value is -1.38. The Morgan fingerprint density at radius 2 is 2.21 bits per heavy atom. The fourth-order valence-corrected chi connectivity index (χ4v) is 1.21. The van der Waals surface area contributed by atoms with Crippen LogP contribution in [0.1, 0.15) is 30.9 Å². The van der Waals surface area contributed by atoms with Crippen molar-refractivity contribution in [2.24, 2.45) is 0 Å². The molecule has 0 atom stereocenters. The largest absolute Gasteiger partial charge is 0.491 e. The van der Waals surface area contributed by atoms with E-state index >= 15 is 0 Å². The van der Waals surface area contributed by atoms with E-state index < -0.39 is 0 Å². The van der Waals surface area contributed by atoms with Crippen molar-refractivity contribution in [2.45, 2.75) is 27.2 Å². The van der Waals surface area contributed by atoms with E-state index in [1.807, 2.05) is 20.0 Å². The number of rotatable bonds is 4. The van der Waals surface area contributed by atoms with Crippen LogP contribution in [-0.2, 0) is 11.2 Å². The first-order valence-corrected chi connectivity index (χ1v) is 4.83. The molecule has 0 saturated heterocycles. The molecule has 1 heterocycles. The molecule has 0 aromatic carbocycles. The second kappa shape index (κ2) is 4.74. The smallest absolute Gasteiger partial charge is 0.194 e. The summed E-state index contributed by atoms with van der Waals surface area (Å²) in [5, 5.41) is 0. The first kappa shape index (κ1) is 10.7. The molecular weight excluding hydrogens is 176 g/mol. The third-order valence-electron chi connectivity index (χ3n) is 2.03. The van der Waals surface area contributed by atoms with Gasteiger partial charge in [0.2, 0.25) is 0 Å². The van der Waals surface area contributed by atoms with Gasteiger partial charge in [-0.3, -0.25) is 0 Å². The second-order valence-corrected chi connectivity index (χ2v) is 3.01. The average Bonchev–Trinajstić information content (AvgIpc) is 2.18. The summed E-state index contributed by atoms with van der Waals surface area (Å²) in [7, 11) is 0. The lowest BCUT2D eigenvalue weighted by Gasteiger charge is -2.07. The van der Waals surface area contributed by atoms with Gasteiger partial charge in [0, 0.05) is 11.9 Å². The number of aryl methyl sites for hydroxylation is 2. The third-order valence-corrected chi connectivity index (χ3v) is 2.03. The Morgan fingerprint density at radius 1 is 1.50 bits per heavy atom. The van der Waals surface area contributed by atoms with E-state index in [0.717, 1.165) is 17.7 Å². The van der Waals surface area contributed by atoms with Crippen LogP contribution in [0.4, 0.5) is 0 Å². The van der Waals surface area contributed by atoms with Crippen LogP contribution in [0.2, 0.25) is 0 Å². The highest BCUT2D eigenvalue weighted by atomic mass is 16.5. The van der Waals surface area contributed by atoms with Crippen molar-refractivity contribution in [1.29, 1.82) is 0 Å². The summed E-state index contributed by atoms with van der Waals surface area (Å²) >= 11 is 0. The summed E-state index contributed by atoms with van der Waals surface area (Å²) in [6.07, 6.45) is 2.79. The van der Waals surface area contributed by atoms with E-state index in [9.17, 15) is 0 Å². The summed E-state index contributed by atoms with van der Waals surface area (Å²) in [6.45, 7) is 10.3. The number of nitrogens with zero attached hydrogens (tertiary/aromatic N) is 2. The van der Waals surface area contributed by atoms with E-state index in [1.165, 1.54) is 0 Å². The summed E-state index contributed by atoms with van der Waals surface area (Å²) in [5.74, 6) is 1.12. The van der Waals surface area contributed by atoms with Crippen molar-refractivity contribution in [3.8, 4) is 0 Å². The minimum absolute atomic E-state index is 0.540. The highest BCUT2D eigenvalue weighted by Crippen LogP contribution is 2.11. The minimum atomic E-state index is 0.540. The molecule has 1 aromatic rings. The molecule has 0 aliphatic heterocycles. The Kier molecular flexibility index (Phi) is 3.63. The molecule has 76 valence electrons. The Balaban J connectivity index is 2.91. The molecule has 1 rings (SSSR count). The zero-order valence-corrected chi connectivity index (χ0v) is 9.00. The summed E-state index contributed by atoms with van der Waals surface area (Å²) < 4.78 is 5.24. The molecule has 0 unspecified atom stereocenters. The lowest BCUT2D eigenvalue weighted by molar-refractivity contribution is 0.296. The maximum absolute atomic E-state index is 5.24. The Bertz CT molecular complexity index is 334. The topological polar surface area (TPSA) is 35.0 Å². The van der Waals surface area contributed by atoms with Crippen molar-refractivity contribution >= 4 is 5.76 Å². The number of aromatic nitrogens is 2. The molecule has 3 heteroatoms. The molecule has 0 saturated carbocycles. The Morgan fingerprint density at radius 3 is 2.71 bits per heavy atom. The highest BCUT2D eigenvalue weighted by molar-refractivity contribution is 5.49. The highest BCUT2D eigenvalue weighted by Gasteiger charge is 2.05. The SMILES string of the molecule is C=C(OCC)c1ncc(CC)c(C)n1. The van der Waals surface area contributed by atoms with Crippen LogP contribution in [0.25, 0.3) is 5.76 Å². The third kappa shape index (κ3) is 2.31. The predicted molar refractivity (Wildman–Crippen MR) is 56.8 cm³/mol. The molecule has 14 heavy (non-hydrogen) atoms. The van der Waals surface area contributed by atoms with Crippen LogP contribution in [0.3, 0.4) is 0 Å². The molecule has 0 radical (unpaired) electrons. The van der Waals surface area contributed by atoms with Gasteiger partial charge in [-0.15, -0.1) is 0 Å². The van der Waals surface area contributed by atoms with Crippen molar-refractivity contribution in [1.82, 2.24) is 9.97 Å². The predicted octanol–water partition coefficient (Wildman–Crippen LogP) is 2.35. The zero-order valence-electron chi connectivity index (χ0n) is 9.00. The van der Waals surface area contributed by atoms with E-state index in [1.54, 1.807) is 0 Å². The lowest BCUT2D eigenvalue weighted by atomic mass is 10.2. The molecule has 0 bridgehead atoms. The molecule has 3 nitrogen and oxygen atoms in total. The molecular formula is C11H16N2O. The van der Waals surface area contributed by atoms with E-state index in [2.05, 4.69) is 23.5 Å². The maximum atomic E-state index is 5.24. The molecule has 0 amide bonds. The average molecular weight is 192 g/mol. The molecule has 0 spiro atoms. The molecule has 0 fully saturated rings. The fraction of sp³-hybridized carbons (Fsp3) is 0.455.